The first-order valence-electron chi connectivity index (χ1n) is 10.1. The molecule has 1 aliphatic carbocycles. The molecule has 0 saturated heterocycles. The van der Waals surface area contributed by atoms with E-state index in [1.54, 1.807) is 12.4 Å². The minimum atomic E-state index is -2.74. The molecule has 1 fully saturated rings. The third-order valence-electron chi connectivity index (χ3n) is 5.31. The molecule has 2 N–H and O–H groups in total. The minimum Gasteiger partial charge on any atom is -0.388 e. The first kappa shape index (κ1) is 23.8. The average Bonchev–Trinajstić information content (AvgIpc) is 3.19. The Kier molecular flexibility index (Phi) is 8.75. The number of nitrogens with one attached hydrogen (secondary N) is 1. The topological polar surface area (TPSA) is 109 Å². The Balaban J connectivity index is 0.000000200. The van der Waals surface area contributed by atoms with Gasteiger partial charge in [-0.25, -0.2) is 13.4 Å². The fourth-order valence-electron chi connectivity index (χ4n) is 3.60. The zero-order valence-electron chi connectivity index (χ0n) is 17.6. The molecule has 0 aromatic carbocycles. The quantitative estimate of drug-likeness (QED) is 0.613. The van der Waals surface area contributed by atoms with E-state index in [0.29, 0.717) is 17.5 Å². The van der Waals surface area contributed by atoms with Crippen molar-refractivity contribution in [2.75, 3.05) is 12.0 Å². The van der Waals surface area contributed by atoms with Gasteiger partial charge in [0.25, 0.3) is 0 Å². The summed E-state index contributed by atoms with van der Waals surface area (Å²) in [5.41, 5.74) is 3.11. The Labute approximate surface area is 178 Å². The molecule has 0 amide bonds. The lowest BCUT2D eigenvalue weighted by atomic mass is 9.82. The van der Waals surface area contributed by atoms with Gasteiger partial charge in [0.2, 0.25) is 0 Å². The lowest BCUT2D eigenvalue weighted by Crippen LogP contribution is -2.15. The normalized spacial score (nSPS) is 18.8. The number of fused-ring (bicyclic) bond motifs is 3. The van der Waals surface area contributed by atoms with Gasteiger partial charge in [-0.05, 0) is 30.4 Å². The number of nitrogens with zero attached hydrogens (tertiary/aromatic N) is 3. The Hall–Kier alpha value is -2.50. The first-order valence-corrected chi connectivity index (χ1v) is 12.1. The van der Waals surface area contributed by atoms with Gasteiger partial charge < -0.3 is 10.1 Å². The summed E-state index contributed by atoms with van der Waals surface area (Å²) in [7, 11) is -2.74. The zero-order chi connectivity index (χ0) is 22.1. The molecule has 1 aliphatic rings. The Morgan fingerprint density at radius 2 is 1.87 bits per heavy atom. The smallest absolute Gasteiger partial charge is 0.147 e. The molecule has 0 bridgehead atoms. The fourth-order valence-corrected chi connectivity index (χ4v) is 4.36. The number of terminal acetylenes is 1. The number of sulfone groups is 1. The molecule has 0 radical (unpaired) electrons. The number of imidazole rings is 1. The van der Waals surface area contributed by atoms with Crippen molar-refractivity contribution in [2.45, 2.75) is 45.6 Å². The molecule has 7 nitrogen and oxygen atoms in total. The monoisotopic (exact) mass is 430 g/mol. The molecule has 4 rings (SSSR count). The van der Waals surface area contributed by atoms with E-state index in [-0.39, 0.29) is 6.61 Å². The molecule has 0 spiro atoms. The second kappa shape index (κ2) is 11.0. The summed E-state index contributed by atoms with van der Waals surface area (Å²) in [5.74, 6) is 2.44. The van der Waals surface area contributed by atoms with E-state index >= 15 is 0 Å². The van der Waals surface area contributed by atoms with E-state index in [1.165, 1.54) is 31.9 Å². The van der Waals surface area contributed by atoms with Gasteiger partial charge in [0.05, 0.1) is 23.0 Å². The Morgan fingerprint density at radius 3 is 2.50 bits per heavy atom. The van der Waals surface area contributed by atoms with E-state index in [2.05, 4.69) is 39.7 Å². The molecule has 3 aromatic heterocycles. The highest BCUT2D eigenvalue weighted by atomic mass is 32.2. The molecular formula is C22H30N4O3S. The van der Waals surface area contributed by atoms with Gasteiger partial charge >= 0.3 is 0 Å². The SMILES string of the molecule is C#C.CC1CCC(CCS(C)(=O)=O)CC1.OCc1nc2c(cnc3cccnc32)[nH]1. The summed E-state index contributed by atoms with van der Waals surface area (Å²) < 4.78 is 21.9. The highest BCUT2D eigenvalue weighted by molar-refractivity contribution is 7.90. The number of pyridine rings is 2. The number of rotatable bonds is 4. The maximum atomic E-state index is 10.9. The molecule has 30 heavy (non-hydrogen) atoms. The first-order chi connectivity index (χ1) is 14.4. The number of hydrogen-bond donors (Lipinski definition) is 2. The van der Waals surface area contributed by atoms with E-state index in [1.807, 2.05) is 12.1 Å². The number of hydrogen-bond acceptors (Lipinski definition) is 6. The minimum absolute atomic E-state index is 0.108. The second-order valence-electron chi connectivity index (χ2n) is 7.78. The van der Waals surface area contributed by atoms with Crippen molar-refractivity contribution in [3.8, 4) is 12.8 Å². The third kappa shape index (κ3) is 6.78. The second-order valence-corrected chi connectivity index (χ2v) is 10.0. The van der Waals surface area contributed by atoms with Crippen LogP contribution < -0.4 is 0 Å². The van der Waals surface area contributed by atoms with Crippen LogP contribution in [0.1, 0.15) is 44.9 Å². The molecular weight excluding hydrogens is 400 g/mol. The van der Waals surface area contributed by atoms with Crippen LogP contribution >= 0.6 is 0 Å². The summed E-state index contributed by atoms with van der Waals surface area (Å²) in [6.45, 7) is 2.18. The molecule has 162 valence electrons. The molecule has 3 aromatic rings. The zero-order valence-corrected chi connectivity index (χ0v) is 18.4. The van der Waals surface area contributed by atoms with Gasteiger partial charge in [0, 0.05) is 12.5 Å². The van der Waals surface area contributed by atoms with E-state index in [9.17, 15) is 8.42 Å². The van der Waals surface area contributed by atoms with Crippen LogP contribution in [-0.4, -0.2) is 45.5 Å². The lowest BCUT2D eigenvalue weighted by Gasteiger charge is -2.25. The summed E-state index contributed by atoms with van der Waals surface area (Å²) in [5, 5.41) is 8.98. The van der Waals surface area contributed by atoms with Crippen molar-refractivity contribution >= 4 is 31.9 Å². The van der Waals surface area contributed by atoms with Crippen LogP contribution in [0, 0.1) is 24.7 Å². The summed E-state index contributed by atoms with van der Waals surface area (Å²) >= 11 is 0. The lowest BCUT2D eigenvalue weighted by molar-refractivity contribution is 0.273. The van der Waals surface area contributed by atoms with Crippen molar-refractivity contribution in [1.82, 2.24) is 19.9 Å². The van der Waals surface area contributed by atoms with Crippen LogP contribution in [-0.2, 0) is 16.4 Å². The van der Waals surface area contributed by atoms with Crippen LogP contribution in [0.5, 0.6) is 0 Å². The van der Waals surface area contributed by atoms with Gasteiger partial charge in [-0.3, -0.25) is 9.97 Å². The van der Waals surface area contributed by atoms with E-state index in [4.69, 9.17) is 5.11 Å². The van der Waals surface area contributed by atoms with Crippen LogP contribution in [0.3, 0.4) is 0 Å². The molecule has 1 saturated carbocycles. The largest absolute Gasteiger partial charge is 0.388 e. The summed E-state index contributed by atoms with van der Waals surface area (Å²) in [6, 6.07) is 3.72. The maximum Gasteiger partial charge on any atom is 0.147 e. The Morgan fingerprint density at radius 1 is 1.17 bits per heavy atom. The van der Waals surface area contributed by atoms with Gasteiger partial charge in [0.15, 0.2) is 0 Å². The average molecular weight is 431 g/mol. The van der Waals surface area contributed by atoms with Crippen LogP contribution in [0.25, 0.3) is 22.1 Å². The predicted molar refractivity (Wildman–Crippen MR) is 120 cm³/mol. The Bertz CT molecular complexity index is 1070. The van der Waals surface area contributed by atoms with Crippen LogP contribution in [0.4, 0.5) is 0 Å². The van der Waals surface area contributed by atoms with Crippen molar-refractivity contribution in [2.24, 2.45) is 11.8 Å². The van der Waals surface area contributed by atoms with Gasteiger partial charge in [-0.2, -0.15) is 0 Å². The van der Waals surface area contributed by atoms with Gasteiger partial charge in [-0.15, -0.1) is 12.8 Å². The maximum absolute atomic E-state index is 10.9. The number of aromatic amines is 1. The molecule has 0 aliphatic heterocycles. The molecule has 0 unspecified atom stereocenters. The standard InChI is InChI=1S/C10H8N4O.C10H20O2S.C2H2/c15-5-8-13-7-4-12-6-2-1-3-11-9(6)10(7)14-8;1-9-3-5-10(6-4-9)7-8-13(2,11)12;1-2/h1-4,15H,5H2,(H,13,14);9-10H,3-8H2,1-2H3;1-2H. The number of aliphatic hydroxyl groups excluding tert-OH is 1. The van der Waals surface area contributed by atoms with Crippen LogP contribution in [0.15, 0.2) is 24.5 Å². The molecule has 3 heterocycles. The van der Waals surface area contributed by atoms with Crippen molar-refractivity contribution < 1.29 is 13.5 Å². The van der Waals surface area contributed by atoms with Crippen molar-refractivity contribution in [3.63, 3.8) is 0 Å². The van der Waals surface area contributed by atoms with Crippen LogP contribution in [0.2, 0.25) is 0 Å². The fraction of sp³-hybridized carbons (Fsp3) is 0.500. The molecule has 0 atom stereocenters. The highest BCUT2D eigenvalue weighted by Gasteiger charge is 2.19. The van der Waals surface area contributed by atoms with Crippen molar-refractivity contribution in [1.29, 1.82) is 0 Å². The number of aliphatic hydroxyl groups is 1. The van der Waals surface area contributed by atoms with Crippen molar-refractivity contribution in [3.05, 3.63) is 30.4 Å². The van der Waals surface area contributed by atoms with Gasteiger partial charge in [0.1, 0.15) is 33.3 Å². The predicted octanol–water partition coefficient (Wildman–Crippen LogP) is 3.50. The van der Waals surface area contributed by atoms with E-state index < -0.39 is 9.84 Å². The third-order valence-corrected chi connectivity index (χ3v) is 6.28. The van der Waals surface area contributed by atoms with E-state index in [0.717, 1.165) is 34.4 Å². The van der Waals surface area contributed by atoms with Gasteiger partial charge in [-0.1, -0.05) is 32.6 Å². The highest BCUT2D eigenvalue weighted by Crippen LogP contribution is 2.30. The summed E-state index contributed by atoms with van der Waals surface area (Å²) in [4.78, 5) is 15.7. The summed E-state index contributed by atoms with van der Waals surface area (Å²) in [6.07, 6.45) is 18.7. The number of aromatic nitrogens is 4. The molecule has 8 heteroatoms. The number of H-pyrrole nitrogens is 1.